The summed E-state index contributed by atoms with van der Waals surface area (Å²) in [6, 6.07) is 15.7. The summed E-state index contributed by atoms with van der Waals surface area (Å²) in [4.78, 5) is 19.6. The normalized spacial score (nSPS) is 26.4. The summed E-state index contributed by atoms with van der Waals surface area (Å²) in [5, 5.41) is 19.0. The number of nitrogens with one attached hydrogen (secondary N) is 1. The van der Waals surface area contributed by atoms with E-state index < -0.39 is 6.10 Å². The van der Waals surface area contributed by atoms with Gasteiger partial charge in [0, 0.05) is 18.5 Å². The van der Waals surface area contributed by atoms with Gasteiger partial charge in [0.1, 0.15) is 0 Å². The first-order valence-electron chi connectivity index (χ1n) is 10.5. The van der Waals surface area contributed by atoms with Crippen LogP contribution < -0.4 is 0 Å². The van der Waals surface area contributed by atoms with Crippen molar-refractivity contribution in [3.63, 3.8) is 0 Å². The lowest BCUT2D eigenvalue weighted by Crippen LogP contribution is -2.36. The van der Waals surface area contributed by atoms with Crippen molar-refractivity contribution in [2.24, 2.45) is 11.8 Å². The van der Waals surface area contributed by atoms with E-state index in [9.17, 15) is 9.90 Å². The van der Waals surface area contributed by atoms with Crippen LogP contribution in [0.2, 0.25) is 0 Å². The van der Waals surface area contributed by atoms with E-state index in [0.717, 1.165) is 28.4 Å². The number of para-hydroxylation sites is 3. The van der Waals surface area contributed by atoms with Crippen LogP contribution in [0.25, 0.3) is 21.9 Å². The third-order valence-electron chi connectivity index (χ3n) is 6.91. The Bertz CT molecular complexity index is 1240. The number of aliphatic hydroxyl groups excluding tert-OH is 1. The molecule has 1 amide bonds. The first-order chi connectivity index (χ1) is 14.7. The van der Waals surface area contributed by atoms with E-state index in [0.29, 0.717) is 37.0 Å². The highest BCUT2D eigenvalue weighted by Crippen LogP contribution is 2.42. The largest absolute Gasteiger partial charge is 0.391 e. The molecule has 1 aliphatic carbocycles. The van der Waals surface area contributed by atoms with E-state index in [1.54, 1.807) is 0 Å². The number of hydrogen-bond acceptors (Lipinski definition) is 4. The molecule has 1 aliphatic heterocycles. The van der Waals surface area contributed by atoms with Crippen LogP contribution in [0, 0.1) is 11.8 Å². The van der Waals surface area contributed by atoms with E-state index >= 15 is 0 Å². The van der Waals surface area contributed by atoms with Gasteiger partial charge in [0.05, 0.1) is 35.0 Å². The fourth-order valence-electron chi connectivity index (χ4n) is 5.39. The standard InChI is InChI=1S/C23H23N5O2/c29-21-10-15-12-27(23(30)22-16-5-1-2-6-17(16)25-26-22)11-14(15)9-20(21)28-13-24-18-7-3-4-8-19(18)28/h1-8,13-15,20-21,29H,9-12H2,(H,25,26)/t14-,15+,20-,21-/m1/s1. The average Bonchev–Trinajstić information content (AvgIpc) is 3.48. The lowest BCUT2D eigenvalue weighted by atomic mass is 9.77. The quantitative estimate of drug-likeness (QED) is 0.541. The second kappa shape index (κ2) is 6.67. The number of likely N-dealkylation sites (tertiary alicyclic amines) is 1. The van der Waals surface area contributed by atoms with E-state index in [-0.39, 0.29) is 11.9 Å². The van der Waals surface area contributed by atoms with Crippen molar-refractivity contribution in [3.05, 3.63) is 60.6 Å². The Balaban J connectivity index is 1.25. The summed E-state index contributed by atoms with van der Waals surface area (Å²) in [7, 11) is 0. The summed E-state index contributed by atoms with van der Waals surface area (Å²) >= 11 is 0. The molecule has 7 heteroatoms. The van der Waals surface area contributed by atoms with Crippen LogP contribution in [0.1, 0.15) is 29.4 Å². The first kappa shape index (κ1) is 17.7. The van der Waals surface area contributed by atoms with Gasteiger partial charge in [-0.3, -0.25) is 9.89 Å². The smallest absolute Gasteiger partial charge is 0.275 e. The number of amides is 1. The predicted octanol–water partition coefficient (Wildman–Crippen LogP) is 3.00. The number of aromatic amines is 1. The third-order valence-corrected chi connectivity index (χ3v) is 6.91. The van der Waals surface area contributed by atoms with Crippen LogP contribution in [0.3, 0.4) is 0 Å². The Kier molecular flexibility index (Phi) is 3.92. The Morgan fingerprint density at radius 2 is 1.80 bits per heavy atom. The van der Waals surface area contributed by atoms with Crippen LogP contribution in [0.5, 0.6) is 0 Å². The van der Waals surface area contributed by atoms with Crippen LogP contribution in [0.4, 0.5) is 0 Å². The molecule has 2 aromatic heterocycles. The number of fused-ring (bicyclic) bond motifs is 3. The number of nitrogens with zero attached hydrogens (tertiary/aromatic N) is 4. The van der Waals surface area contributed by atoms with E-state index in [4.69, 9.17) is 0 Å². The second-order valence-electron chi connectivity index (χ2n) is 8.59. The molecular formula is C23H23N5O2. The van der Waals surface area contributed by atoms with Gasteiger partial charge in [-0.15, -0.1) is 0 Å². The molecule has 4 aromatic rings. The fourth-order valence-corrected chi connectivity index (χ4v) is 5.39. The summed E-state index contributed by atoms with van der Waals surface area (Å²) in [6.45, 7) is 1.39. The number of hydrogen-bond donors (Lipinski definition) is 2. The van der Waals surface area contributed by atoms with Gasteiger partial charge in [-0.2, -0.15) is 5.10 Å². The van der Waals surface area contributed by atoms with Crippen molar-refractivity contribution < 1.29 is 9.90 Å². The van der Waals surface area contributed by atoms with Crippen LogP contribution in [-0.4, -0.2) is 54.9 Å². The zero-order valence-corrected chi connectivity index (χ0v) is 16.5. The molecule has 6 rings (SSSR count). The average molecular weight is 401 g/mol. The van der Waals surface area contributed by atoms with Crippen molar-refractivity contribution >= 4 is 27.8 Å². The number of rotatable bonds is 2. The molecule has 30 heavy (non-hydrogen) atoms. The van der Waals surface area contributed by atoms with Gasteiger partial charge in [0.15, 0.2) is 5.69 Å². The topological polar surface area (TPSA) is 87.0 Å². The molecular weight excluding hydrogens is 378 g/mol. The van der Waals surface area contributed by atoms with Gasteiger partial charge in [-0.25, -0.2) is 4.98 Å². The number of aliphatic hydroxyl groups is 1. The van der Waals surface area contributed by atoms with Crippen molar-refractivity contribution in [1.29, 1.82) is 0 Å². The molecule has 0 spiro atoms. The third kappa shape index (κ3) is 2.65. The minimum Gasteiger partial charge on any atom is -0.391 e. The zero-order chi connectivity index (χ0) is 20.2. The van der Waals surface area contributed by atoms with Gasteiger partial charge >= 0.3 is 0 Å². The van der Waals surface area contributed by atoms with Crippen LogP contribution in [-0.2, 0) is 0 Å². The molecule has 1 saturated heterocycles. The van der Waals surface area contributed by atoms with E-state index in [1.807, 2.05) is 59.8 Å². The molecule has 3 heterocycles. The first-order valence-corrected chi connectivity index (χ1v) is 10.5. The maximum absolute atomic E-state index is 13.2. The highest BCUT2D eigenvalue weighted by molar-refractivity contribution is 6.04. The molecule has 0 bridgehead atoms. The predicted molar refractivity (Wildman–Crippen MR) is 113 cm³/mol. The molecule has 4 atom stereocenters. The Morgan fingerprint density at radius 1 is 1.03 bits per heavy atom. The molecule has 2 fully saturated rings. The summed E-state index contributed by atoms with van der Waals surface area (Å²) in [6.07, 6.45) is 2.95. The SMILES string of the molecule is O=C(c1n[nH]c2ccccc12)N1C[C@H]2C[C@@H](n3cnc4ccccc43)[C@H](O)C[C@H]2C1. The lowest BCUT2D eigenvalue weighted by molar-refractivity contribution is 0.0374. The lowest BCUT2D eigenvalue weighted by Gasteiger charge is -2.36. The summed E-state index contributed by atoms with van der Waals surface area (Å²) in [5.41, 5.74) is 3.36. The molecule has 152 valence electrons. The van der Waals surface area contributed by atoms with Crippen LogP contribution >= 0.6 is 0 Å². The number of aromatic nitrogens is 4. The number of carbonyl (C=O) groups is 1. The number of imidazole rings is 1. The Morgan fingerprint density at radius 3 is 2.70 bits per heavy atom. The molecule has 2 aromatic carbocycles. The summed E-state index contributed by atoms with van der Waals surface area (Å²) in [5.74, 6) is 0.662. The van der Waals surface area contributed by atoms with Crippen molar-refractivity contribution in [1.82, 2.24) is 24.6 Å². The highest BCUT2D eigenvalue weighted by Gasteiger charge is 2.44. The monoisotopic (exact) mass is 401 g/mol. The van der Waals surface area contributed by atoms with E-state index in [1.165, 1.54) is 0 Å². The molecule has 2 aliphatic rings. The molecule has 7 nitrogen and oxygen atoms in total. The number of H-pyrrole nitrogens is 1. The molecule has 1 saturated carbocycles. The number of benzene rings is 2. The second-order valence-corrected chi connectivity index (χ2v) is 8.59. The minimum absolute atomic E-state index is 0.0140. The number of carbonyl (C=O) groups excluding carboxylic acids is 1. The molecule has 0 radical (unpaired) electrons. The Labute approximate surface area is 173 Å². The Hall–Kier alpha value is -3.19. The van der Waals surface area contributed by atoms with Crippen LogP contribution in [0.15, 0.2) is 54.9 Å². The zero-order valence-electron chi connectivity index (χ0n) is 16.5. The van der Waals surface area contributed by atoms with Crippen molar-refractivity contribution in [3.8, 4) is 0 Å². The highest BCUT2D eigenvalue weighted by atomic mass is 16.3. The van der Waals surface area contributed by atoms with Gasteiger partial charge in [0.25, 0.3) is 5.91 Å². The summed E-state index contributed by atoms with van der Waals surface area (Å²) < 4.78 is 2.11. The minimum atomic E-state index is -0.440. The van der Waals surface area contributed by atoms with Crippen molar-refractivity contribution in [2.45, 2.75) is 25.0 Å². The molecule has 2 N–H and O–H groups in total. The van der Waals surface area contributed by atoms with Gasteiger partial charge in [-0.05, 0) is 42.9 Å². The van der Waals surface area contributed by atoms with Gasteiger partial charge in [0.2, 0.25) is 0 Å². The maximum Gasteiger partial charge on any atom is 0.275 e. The molecule has 0 unspecified atom stereocenters. The fraction of sp³-hybridized carbons (Fsp3) is 0.348. The van der Waals surface area contributed by atoms with E-state index in [2.05, 4.69) is 19.7 Å². The van der Waals surface area contributed by atoms with Gasteiger partial charge in [-0.1, -0.05) is 30.3 Å². The van der Waals surface area contributed by atoms with Gasteiger partial charge < -0.3 is 14.6 Å². The van der Waals surface area contributed by atoms with Crippen molar-refractivity contribution in [2.75, 3.05) is 13.1 Å². The maximum atomic E-state index is 13.2.